The van der Waals surface area contributed by atoms with Gasteiger partial charge in [-0.1, -0.05) is 0 Å². The quantitative estimate of drug-likeness (QED) is 0.463. The summed E-state index contributed by atoms with van der Waals surface area (Å²) in [6.45, 7) is 0. The molecule has 0 aromatic rings. The van der Waals surface area contributed by atoms with Crippen molar-refractivity contribution in [2.75, 3.05) is 0 Å². The third kappa shape index (κ3) is 167. The van der Waals surface area contributed by atoms with Crippen molar-refractivity contribution in [3.8, 4) is 0 Å². The van der Waals surface area contributed by atoms with E-state index in [1.54, 1.807) is 0 Å². The van der Waals surface area contributed by atoms with Gasteiger partial charge in [0.2, 0.25) is 0 Å². The average molecular weight is 221 g/mol. The Morgan fingerprint density at radius 2 is 1.22 bits per heavy atom. The zero-order valence-corrected chi connectivity index (χ0v) is 4.27. The molecule has 53 valence electrons. The molecule has 0 saturated heterocycles. The SMILES string of the molecule is F.O.O=C(O)O.[CaH2].[Mn].[NaH]. The van der Waals surface area contributed by atoms with Crippen molar-refractivity contribution in [1.29, 1.82) is 0 Å². The summed E-state index contributed by atoms with van der Waals surface area (Å²) in [5.41, 5.74) is 0. The molecule has 9 heavy (non-hydrogen) atoms. The van der Waals surface area contributed by atoms with Gasteiger partial charge in [-0.05, 0) is 0 Å². The first kappa shape index (κ1) is 44.3. The van der Waals surface area contributed by atoms with Crippen LogP contribution in [0.4, 0.5) is 9.50 Å². The van der Waals surface area contributed by atoms with Gasteiger partial charge in [-0.15, -0.1) is 0 Å². The Morgan fingerprint density at radius 1 is 1.22 bits per heavy atom. The van der Waals surface area contributed by atoms with Gasteiger partial charge in [0.1, 0.15) is 0 Å². The van der Waals surface area contributed by atoms with E-state index in [0.717, 1.165) is 0 Å². The number of halogens is 1. The second kappa shape index (κ2) is 32.6. The van der Waals surface area contributed by atoms with Crippen LogP contribution in [0.25, 0.3) is 0 Å². The summed E-state index contributed by atoms with van der Waals surface area (Å²) in [6, 6.07) is 0. The van der Waals surface area contributed by atoms with Crippen molar-refractivity contribution >= 4 is 73.5 Å². The van der Waals surface area contributed by atoms with Crippen LogP contribution in [0.5, 0.6) is 0 Å². The molecule has 0 amide bonds. The first-order valence-electron chi connectivity index (χ1n) is 0.651. The second-order valence-corrected chi connectivity index (χ2v) is 0.283. The molecule has 0 aliphatic rings. The zero-order chi connectivity index (χ0) is 3.58. The zero-order valence-electron chi connectivity index (χ0n) is 3.09. The van der Waals surface area contributed by atoms with E-state index in [1.165, 1.54) is 0 Å². The van der Waals surface area contributed by atoms with Crippen LogP contribution >= 0.6 is 0 Å². The van der Waals surface area contributed by atoms with E-state index in [9.17, 15) is 0 Å². The first-order valence-corrected chi connectivity index (χ1v) is 0.651. The Balaban J connectivity index is -0.00000000450. The van der Waals surface area contributed by atoms with E-state index in [1.807, 2.05) is 0 Å². The Labute approximate surface area is 114 Å². The third-order valence-electron chi connectivity index (χ3n) is 0. The normalized spacial score (nSPS) is 2.67. The molecular weight excluding hydrogens is 213 g/mol. The van der Waals surface area contributed by atoms with Crippen molar-refractivity contribution in [3.05, 3.63) is 0 Å². The van der Waals surface area contributed by atoms with Crippen molar-refractivity contribution in [3.63, 3.8) is 0 Å². The van der Waals surface area contributed by atoms with Crippen LogP contribution in [0.2, 0.25) is 0 Å². The Hall–Kier alpha value is 1.94. The summed E-state index contributed by atoms with van der Waals surface area (Å²) in [5, 5.41) is 13.9. The van der Waals surface area contributed by atoms with Gasteiger partial charge in [0, 0.05) is 17.1 Å². The van der Waals surface area contributed by atoms with Crippen molar-refractivity contribution in [2.45, 2.75) is 0 Å². The summed E-state index contributed by atoms with van der Waals surface area (Å²) >= 11 is 0. The summed E-state index contributed by atoms with van der Waals surface area (Å²) in [5.74, 6) is 0. The number of carbonyl (C=O) groups is 1. The van der Waals surface area contributed by atoms with E-state index in [0.29, 0.717) is 0 Å². The molecule has 0 saturated carbocycles. The summed E-state index contributed by atoms with van der Waals surface area (Å²) in [7, 11) is 0. The fraction of sp³-hybridized carbons (Fsp3) is 0. The molecule has 0 aromatic carbocycles. The van der Waals surface area contributed by atoms with Crippen molar-refractivity contribution < 1.29 is 42.3 Å². The van der Waals surface area contributed by atoms with Gasteiger partial charge in [0.05, 0.1) is 0 Å². The van der Waals surface area contributed by atoms with E-state index < -0.39 is 6.16 Å². The number of carboxylic acid groups (broad SMARTS) is 2. The van der Waals surface area contributed by atoms with E-state index in [-0.39, 0.29) is 94.5 Å². The van der Waals surface area contributed by atoms with Crippen LogP contribution in [0.1, 0.15) is 0 Å². The van der Waals surface area contributed by atoms with E-state index in [2.05, 4.69) is 0 Å². The Morgan fingerprint density at radius 3 is 1.22 bits per heavy atom. The second-order valence-electron chi connectivity index (χ2n) is 0.283. The monoisotopic (exact) mass is 221 g/mol. The molecule has 0 rings (SSSR count). The molecule has 0 aromatic heterocycles. The molecular formula is CH8CaFMnNaO4. The van der Waals surface area contributed by atoms with Crippen LogP contribution < -0.4 is 0 Å². The topological polar surface area (TPSA) is 89.0 Å². The van der Waals surface area contributed by atoms with Crippen LogP contribution in [-0.4, -0.2) is 89.1 Å². The Bertz CT molecular complexity index is 43.5. The molecule has 0 unspecified atom stereocenters. The molecule has 0 aliphatic heterocycles. The summed E-state index contributed by atoms with van der Waals surface area (Å²) < 4.78 is 0. The number of hydrogen-bond donors (Lipinski definition) is 2. The molecule has 0 heterocycles. The maximum absolute atomic E-state index is 8.56. The molecule has 4 N–H and O–H groups in total. The molecule has 4 nitrogen and oxygen atoms in total. The molecule has 1 radical (unpaired) electrons. The maximum atomic E-state index is 8.56. The predicted octanol–water partition coefficient (Wildman–Crippen LogP) is -2.02. The van der Waals surface area contributed by atoms with Gasteiger partial charge < -0.3 is 15.7 Å². The Kier molecular flexibility index (Phi) is 160. The molecule has 0 atom stereocenters. The van der Waals surface area contributed by atoms with Crippen molar-refractivity contribution in [1.82, 2.24) is 0 Å². The van der Waals surface area contributed by atoms with Gasteiger partial charge in [0.15, 0.2) is 0 Å². The van der Waals surface area contributed by atoms with E-state index in [4.69, 9.17) is 15.0 Å². The van der Waals surface area contributed by atoms with Crippen LogP contribution in [0.15, 0.2) is 0 Å². The van der Waals surface area contributed by atoms with Crippen LogP contribution in [0, 0.1) is 0 Å². The van der Waals surface area contributed by atoms with Crippen molar-refractivity contribution in [2.24, 2.45) is 0 Å². The molecule has 0 aliphatic carbocycles. The molecule has 0 spiro atoms. The van der Waals surface area contributed by atoms with Crippen LogP contribution in [-0.2, 0) is 17.1 Å². The summed E-state index contributed by atoms with van der Waals surface area (Å²) in [6.07, 6.45) is -1.83. The third-order valence-corrected chi connectivity index (χ3v) is 0. The predicted molar refractivity (Wildman–Crippen MR) is 32.5 cm³/mol. The first-order chi connectivity index (χ1) is 1.73. The van der Waals surface area contributed by atoms with Gasteiger partial charge in [0.25, 0.3) is 0 Å². The van der Waals surface area contributed by atoms with Gasteiger partial charge in [-0.3, -0.25) is 4.70 Å². The van der Waals surface area contributed by atoms with E-state index >= 15 is 0 Å². The standard InChI is InChI=1S/CH2O3.Ca.FH.Mn.Na.H2O.3H/c2-1(3)4;;;;;;;;/h(H2,2,3,4);;1H;;;1H2;;;. The van der Waals surface area contributed by atoms with Gasteiger partial charge >= 0.3 is 73.5 Å². The minimum absolute atomic E-state index is 0. The minimum atomic E-state index is -1.83. The van der Waals surface area contributed by atoms with Gasteiger partial charge in [-0.2, -0.15) is 0 Å². The number of rotatable bonds is 0. The molecule has 0 fully saturated rings. The molecule has 8 heteroatoms. The average Bonchev–Trinajstić information content (AvgIpc) is 0.811. The fourth-order valence-electron chi connectivity index (χ4n) is 0. The van der Waals surface area contributed by atoms with Gasteiger partial charge in [-0.25, -0.2) is 4.79 Å². The van der Waals surface area contributed by atoms with Crippen LogP contribution in [0.3, 0.4) is 0 Å². The molecule has 0 bridgehead atoms. The number of hydrogen-bond acceptors (Lipinski definition) is 1. The fourth-order valence-corrected chi connectivity index (χ4v) is 0. The summed E-state index contributed by atoms with van der Waals surface area (Å²) in [4.78, 5) is 8.56.